The predicted molar refractivity (Wildman–Crippen MR) is 62.6 cm³/mol. The van der Waals surface area contributed by atoms with E-state index in [0.29, 0.717) is 12.6 Å². The lowest BCUT2D eigenvalue weighted by Gasteiger charge is -2.29. The minimum Gasteiger partial charge on any atom is -0.377 e. The summed E-state index contributed by atoms with van der Waals surface area (Å²) in [5.74, 6) is 5.02. The Hall–Kier alpha value is -0.650. The molecule has 1 aliphatic rings. The second-order valence-electron chi connectivity index (χ2n) is 5.19. The first kappa shape index (κ1) is 13.4. The maximum Gasteiger partial charge on any atom is 0.240 e. The van der Waals surface area contributed by atoms with Crippen LogP contribution in [0.4, 0.5) is 0 Å². The second kappa shape index (κ2) is 5.61. The third-order valence-electron chi connectivity index (χ3n) is 2.95. The monoisotopic (exact) mass is 229 g/mol. The van der Waals surface area contributed by atoms with Gasteiger partial charge in [0.2, 0.25) is 5.91 Å². The average Bonchev–Trinajstić information content (AvgIpc) is 2.67. The number of nitrogens with two attached hydrogens (primary N) is 1. The van der Waals surface area contributed by atoms with E-state index in [4.69, 9.17) is 10.6 Å². The normalized spacial score (nSPS) is 21.4. The highest BCUT2D eigenvalue weighted by Gasteiger charge is 2.29. The zero-order chi connectivity index (χ0) is 12.2. The van der Waals surface area contributed by atoms with Gasteiger partial charge >= 0.3 is 0 Å². The molecule has 16 heavy (non-hydrogen) atoms. The third kappa shape index (κ3) is 3.73. The van der Waals surface area contributed by atoms with Crippen LogP contribution >= 0.6 is 0 Å². The number of hydrogen-bond acceptors (Lipinski definition) is 4. The van der Waals surface area contributed by atoms with Crippen molar-refractivity contribution in [3.05, 3.63) is 0 Å². The maximum atomic E-state index is 11.5. The Morgan fingerprint density at radius 1 is 1.62 bits per heavy atom. The molecule has 3 N–H and O–H groups in total. The van der Waals surface area contributed by atoms with E-state index in [1.54, 1.807) is 0 Å². The Balaban J connectivity index is 2.37. The van der Waals surface area contributed by atoms with E-state index in [-0.39, 0.29) is 5.91 Å². The molecule has 0 aromatic heterocycles. The Morgan fingerprint density at radius 3 is 2.81 bits per heavy atom. The fraction of sp³-hybridized carbons (Fsp3) is 0.909. The fourth-order valence-corrected chi connectivity index (χ4v) is 2.14. The van der Waals surface area contributed by atoms with Gasteiger partial charge in [-0.3, -0.25) is 10.2 Å². The Kier molecular flexibility index (Phi) is 4.70. The molecular formula is C11H23N3O2. The molecule has 1 atom stereocenters. The molecule has 1 fully saturated rings. The lowest BCUT2D eigenvalue weighted by atomic mass is 9.92. The first-order valence-electron chi connectivity index (χ1n) is 5.77. The standard InChI is InChI=1S/C11H23N3O2/c1-11(2,10(15)13-12)8-14(3)7-9-5-4-6-16-9/h9H,4-8,12H2,1-3H3,(H,13,15). The van der Waals surface area contributed by atoms with Gasteiger partial charge in [-0.2, -0.15) is 0 Å². The van der Waals surface area contributed by atoms with Gasteiger partial charge < -0.3 is 9.64 Å². The molecule has 0 bridgehead atoms. The van der Waals surface area contributed by atoms with Gasteiger partial charge in [0.1, 0.15) is 0 Å². The van der Waals surface area contributed by atoms with Crippen LogP contribution in [0.5, 0.6) is 0 Å². The van der Waals surface area contributed by atoms with Crippen LogP contribution in [0, 0.1) is 5.41 Å². The molecule has 0 aliphatic carbocycles. The number of carbonyl (C=O) groups is 1. The molecule has 1 aliphatic heterocycles. The van der Waals surface area contributed by atoms with E-state index in [9.17, 15) is 4.79 Å². The second-order valence-corrected chi connectivity index (χ2v) is 5.19. The maximum absolute atomic E-state index is 11.5. The molecule has 94 valence electrons. The quantitative estimate of drug-likeness (QED) is 0.399. The number of likely N-dealkylation sites (N-methyl/N-ethyl adjacent to an activating group) is 1. The summed E-state index contributed by atoms with van der Waals surface area (Å²) >= 11 is 0. The van der Waals surface area contributed by atoms with Crippen molar-refractivity contribution in [1.29, 1.82) is 0 Å². The van der Waals surface area contributed by atoms with E-state index in [1.165, 1.54) is 0 Å². The third-order valence-corrected chi connectivity index (χ3v) is 2.95. The molecule has 1 unspecified atom stereocenters. The predicted octanol–water partition coefficient (Wildman–Crippen LogP) is 0.113. The highest BCUT2D eigenvalue weighted by Crippen LogP contribution is 2.18. The van der Waals surface area contributed by atoms with Gasteiger partial charge in [0, 0.05) is 19.7 Å². The zero-order valence-electron chi connectivity index (χ0n) is 10.5. The SMILES string of the molecule is CN(CC1CCCO1)CC(C)(C)C(=O)NN. The van der Waals surface area contributed by atoms with E-state index in [2.05, 4.69) is 10.3 Å². The van der Waals surface area contributed by atoms with Gasteiger partial charge in [-0.15, -0.1) is 0 Å². The Bertz CT molecular complexity index is 237. The summed E-state index contributed by atoms with van der Waals surface area (Å²) in [4.78, 5) is 13.6. The molecule has 1 rings (SSSR count). The van der Waals surface area contributed by atoms with Crippen LogP contribution in [0.2, 0.25) is 0 Å². The van der Waals surface area contributed by atoms with Crippen LogP contribution < -0.4 is 11.3 Å². The van der Waals surface area contributed by atoms with Gasteiger partial charge in [0.15, 0.2) is 0 Å². The first-order chi connectivity index (χ1) is 7.45. The molecule has 1 heterocycles. The van der Waals surface area contributed by atoms with Crippen LogP contribution in [-0.2, 0) is 9.53 Å². The molecule has 5 heteroatoms. The molecule has 0 aromatic rings. The summed E-state index contributed by atoms with van der Waals surface area (Å²) in [6.07, 6.45) is 2.58. The van der Waals surface area contributed by atoms with Crippen LogP contribution in [-0.4, -0.2) is 43.7 Å². The van der Waals surface area contributed by atoms with Gasteiger partial charge in [-0.25, -0.2) is 5.84 Å². The van der Waals surface area contributed by atoms with Crippen LogP contribution in [0.15, 0.2) is 0 Å². The summed E-state index contributed by atoms with van der Waals surface area (Å²) in [5.41, 5.74) is 1.74. The lowest BCUT2D eigenvalue weighted by Crippen LogP contribution is -2.47. The van der Waals surface area contributed by atoms with Crippen molar-refractivity contribution >= 4 is 5.91 Å². The molecule has 0 aromatic carbocycles. The van der Waals surface area contributed by atoms with Crippen molar-refractivity contribution in [3.63, 3.8) is 0 Å². The van der Waals surface area contributed by atoms with Gasteiger partial charge in [0.25, 0.3) is 0 Å². The van der Waals surface area contributed by atoms with Gasteiger partial charge in [-0.05, 0) is 33.7 Å². The smallest absolute Gasteiger partial charge is 0.240 e. The summed E-state index contributed by atoms with van der Waals surface area (Å²) in [5, 5.41) is 0. The van der Waals surface area contributed by atoms with Crippen molar-refractivity contribution in [1.82, 2.24) is 10.3 Å². The van der Waals surface area contributed by atoms with Gasteiger partial charge in [0.05, 0.1) is 11.5 Å². The highest BCUT2D eigenvalue weighted by molar-refractivity contribution is 5.81. The molecule has 0 saturated carbocycles. The number of nitrogens with zero attached hydrogens (tertiary/aromatic N) is 1. The number of carbonyl (C=O) groups excluding carboxylic acids is 1. The Labute approximate surface area is 97.3 Å². The zero-order valence-corrected chi connectivity index (χ0v) is 10.5. The van der Waals surface area contributed by atoms with E-state index in [1.807, 2.05) is 20.9 Å². The molecule has 1 amide bonds. The number of nitrogens with one attached hydrogen (secondary N) is 1. The summed E-state index contributed by atoms with van der Waals surface area (Å²) < 4.78 is 5.56. The number of amides is 1. The fourth-order valence-electron chi connectivity index (χ4n) is 2.14. The molecule has 1 saturated heterocycles. The molecule has 0 spiro atoms. The van der Waals surface area contributed by atoms with Crippen LogP contribution in [0.1, 0.15) is 26.7 Å². The molecule has 5 nitrogen and oxygen atoms in total. The van der Waals surface area contributed by atoms with E-state index < -0.39 is 5.41 Å². The summed E-state index contributed by atoms with van der Waals surface area (Å²) in [6, 6.07) is 0. The number of rotatable bonds is 5. The first-order valence-corrected chi connectivity index (χ1v) is 5.77. The topological polar surface area (TPSA) is 67.6 Å². The highest BCUT2D eigenvalue weighted by atomic mass is 16.5. The van der Waals surface area contributed by atoms with Crippen molar-refractivity contribution < 1.29 is 9.53 Å². The minimum atomic E-state index is -0.470. The number of hydrogen-bond donors (Lipinski definition) is 2. The molecular weight excluding hydrogens is 206 g/mol. The van der Waals surface area contributed by atoms with Crippen molar-refractivity contribution in [2.75, 3.05) is 26.7 Å². The lowest BCUT2D eigenvalue weighted by molar-refractivity contribution is -0.130. The van der Waals surface area contributed by atoms with Crippen LogP contribution in [0.25, 0.3) is 0 Å². The average molecular weight is 229 g/mol. The van der Waals surface area contributed by atoms with Crippen molar-refractivity contribution in [3.8, 4) is 0 Å². The van der Waals surface area contributed by atoms with E-state index >= 15 is 0 Å². The number of hydrazine groups is 1. The summed E-state index contributed by atoms with van der Waals surface area (Å²) in [7, 11) is 2.01. The van der Waals surface area contributed by atoms with E-state index in [0.717, 1.165) is 26.0 Å². The van der Waals surface area contributed by atoms with Gasteiger partial charge in [-0.1, -0.05) is 0 Å². The largest absolute Gasteiger partial charge is 0.377 e. The summed E-state index contributed by atoms with van der Waals surface area (Å²) in [6.45, 7) is 6.20. The molecule has 0 radical (unpaired) electrons. The number of ether oxygens (including phenoxy) is 1. The Morgan fingerprint density at radius 2 is 2.31 bits per heavy atom. The van der Waals surface area contributed by atoms with Crippen LogP contribution in [0.3, 0.4) is 0 Å². The minimum absolute atomic E-state index is 0.133. The van der Waals surface area contributed by atoms with Crippen molar-refractivity contribution in [2.24, 2.45) is 11.3 Å². The van der Waals surface area contributed by atoms with Crippen molar-refractivity contribution in [2.45, 2.75) is 32.8 Å².